The van der Waals surface area contributed by atoms with Crippen LogP contribution in [0.5, 0.6) is 11.5 Å². The van der Waals surface area contributed by atoms with Crippen molar-refractivity contribution in [2.45, 2.75) is 5.41 Å². The van der Waals surface area contributed by atoms with E-state index < -0.39 is 5.41 Å². The monoisotopic (exact) mass is 689 g/mol. The quantitative estimate of drug-likeness (QED) is 0.185. The molecule has 0 N–H and O–H groups in total. The maximum Gasteiger partial charge on any atom is 0.137 e. The summed E-state index contributed by atoms with van der Waals surface area (Å²) in [6.07, 6.45) is 0. The van der Waals surface area contributed by atoms with Crippen LogP contribution in [0, 0.1) is 0 Å². The van der Waals surface area contributed by atoms with E-state index in [1.165, 1.54) is 43.8 Å². The third-order valence-electron chi connectivity index (χ3n) is 11.7. The third-order valence-corrected chi connectivity index (χ3v) is 11.7. The maximum absolute atomic E-state index is 6.97. The highest BCUT2D eigenvalue weighted by Crippen LogP contribution is 2.61. The molecule has 12 rings (SSSR count). The first-order valence-corrected chi connectivity index (χ1v) is 18.5. The molecule has 3 nitrogen and oxygen atoms in total. The Morgan fingerprint density at radius 3 is 1.89 bits per heavy atom. The molecule has 1 spiro atoms. The van der Waals surface area contributed by atoms with Crippen LogP contribution in [0.3, 0.4) is 0 Å². The molecular weight excluding hydrogens is 659 g/mol. The zero-order valence-corrected chi connectivity index (χ0v) is 29.2. The molecule has 3 heteroatoms. The lowest BCUT2D eigenvalue weighted by molar-refractivity contribution is 0.435. The van der Waals surface area contributed by atoms with E-state index in [0.29, 0.717) is 0 Å². The van der Waals surface area contributed by atoms with E-state index in [1.54, 1.807) is 0 Å². The average Bonchev–Trinajstić information content (AvgIpc) is 3.58. The molecule has 54 heavy (non-hydrogen) atoms. The molecule has 2 aliphatic rings. The second-order valence-corrected chi connectivity index (χ2v) is 14.4. The van der Waals surface area contributed by atoms with Crippen molar-refractivity contribution in [2.24, 2.45) is 0 Å². The molecule has 1 unspecified atom stereocenters. The Bertz CT molecular complexity index is 3150. The van der Waals surface area contributed by atoms with Crippen LogP contribution in [-0.4, -0.2) is 0 Å². The van der Waals surface area contributed by atoms with Crippen LogP contribution in [0.2, 0.25) is 0 Å². The maximum atomic E-state index is 6.97. The molecule has 1 aromatic heterocycles. The van der Waals surface area contributed by atoms with Gasteiger partial charge in [-0.15, -0.1) is 0 Å². The second-order valence-electron chi connectivity index (χ2n) is 14.4. The number of furan rings is 1. The molecule has 0 amide bonds. The Morgan fingerprint density at radius 2 is 1.00 bits per heavy atom. The summed E-state index contributed by atoms with van der Waals surface area (Å²) >= 11 is 0. The number of fused-ring (bicyclic) bond motifs is 12. The largest absolute Gasteiger partial charge is 0.457 e. The first kappa shape index (κ1) is 29.5. The minimum Gasteiger partial charge on any atom is -0.457 e. The van der Waals surface area contributed by atoms with Gasteiger partial charge in [0.1, 0.15) is 22.7 Å². The minimum absolute atomic E-state index is 0.582. The zero-order valence-electron chi connectivity index (χ0n) is 29.2. The van der Waals surface area contributed by atoms with Crippen LogP contribution in [0.25, 0.3) is 54.6 Å². The van der Waals surface area contributed by atoms with Crippen molar-refractivity contribution in [2.75, 3.05) is 4.90 Å². The number of ether oxygens (including phenoxy) is 1. The van der Waals surface area contributed by atoms with Gasteiger partial charge >= 0.3 is 0 Å². The first-order chi connectivity index (χ1) is 26.8. The number of hydrogen-bond acceptors (Lipinski definition) is 3. The van der Waals surface area contributed by atoms with Crippen LogP contribution in [-0.2, 0) is 5.41 Å². The van der Waals surface area contributed by atoms with Gasteiger partial charge in [-0.25, -0.2) is 0 Å². The number of anilines is 3. The summed E-state index contributed by atoms with van der Waals surface area (Å²) in [5, 5.41) is 7.14. The van der Waals surface area contributed by atoms with Crippen LogP contribution in [0.15, 0.2) is 192 Å². The highest BCUT2D eigenvalue weighted by atomic mass is 16.5. The summed E-state index contributed by atoms with van der Waals surface area (Å²) in [6, 6.07) is 67.7. The Hall–Kier alpha value is -7.10. The smallest absolute Gasteiger partial charge is 0.137 e. The zero-order chi connectivity index (χ0) is 35.4. The number of nitrogens with zero attached hydrogens (tertiary/aromatic N) is 1. The van der Waals surface area contributed by atoms with Crippen LogP contribution < -0.4 is 9.64 Å². The van der Waals surface area contributed by atoms with E-state index >= 15 is 0 Å². The molecule has 0 bridgehead atoms. The fourth-order valence-corrected chi connectivity index (χ4v) is 9.44. The summed E-state index contributed by atoms with van der Waals surface area (Å²) in [6.45, 7) is 0. The van der Waals surface area contributed by atoms with E-state index in [1.807, 2.05) is 0 Å². The number of benzene rings is 9. The summed E-state index contributed by atoms with van der Waals surface area (Å²) < 4.78 is 13.5. The molecule has 0 saturated heterocycles. The Kier molecular flexibility index (Phi) is 5.98. The highest BCUT2D eigenvalue weighted by Gasteiger charge is 2.49. The van der Waals surface area contributed by atoms with Crippen molar-refractivity contribution in [1.29, 1.82) is 0 Å². The van der Waals surface area contributed by atoms with Gasteiger partial charge in [0.15, 0.2) is 0 Å². The standard InChI is InChI=1S/C51H31NO2/c1-2-16-35(17-3-1)52(36-24-26-39-41-28-33-12-4-5-13-34(33)29-47(41)54-48(39)30-36)37-25-27-44-49(31-37)53-46-23-9-8-21-43(46)51(44)42-20-7-6-18-38(42)40-19-10-14-32-15-11-22-45(51)50(32)40/h1-31H. The van der Waals surface area contributed by atoms with Gasteiger partial charge in [0.25, 0.3) is 0 Å². The third kappa shape index (κ3) is 3.96. The van der Waals surface area contributed by atoms with Gasteiger partial charge in [-0.2, -0.15) is 0 Å². The van der Waals surface area contributed by atoms with Crippen LogP contribution >= 0.6 is 0 Å². The lowest BCUT2D eigenvalue weighted by Crippen LogP contribution is -2.36. The second kappa shape index (κ2) is 11.0. The van der Waals surface area contributed by atoms with Crippen LogP contribution in [0.1, 0.15) is 22.3 Å². The van der Waals surface area contributed by atoms with Gasteiger partial charge in [-0.1, -0.05) is 127 Å². The van der Waals surface area contributed by atoms with E-state index in [-0.39, 0.29) is 0 Å². The van der Waals surface area contributed by atoms with E-state index in [2.05, 4.69) is 193 Å². The first-order valence-electron chi connectivity index (χ1n) is 18.5. The topological polar surface area (TPSA) is 25.6 Å². The molecule has 0 fully saturated rings. The van der Waals surface area contributed by atoms with E-state index in [4.69, 9.17) is 9.15 Å². The molecule has 2 heterocycles. The SMILES string of the molecule is c1ccc(N(c2ccc3c(c2)Oc2ccccc2C32c3ccccc3-c3cccc4cccc2c34)c2ccc3c(c2)oc2cc4ccccc4cc23)cc1. The van der Waals surface area contributed by atoms with Crippen molar-refractivity contribution >= 4 is 60.5 Å². The van der Waals surface area contributed by atoms with Gasteiger partial charge in [0.05, 0.1) is 5.41 Å². The fourth-order valence-electron chi connectivity index (χ4n) is 9.44. The number of para-hydroxylation sites is 2. The Morgan fingerprint density at radius 1 is 0.370 bits per heavy atom. The Labute approximate surface area is 311 Å². The molecular formula is C51H31NO2. The molecule has 0 radical (unpaired) electrons. The predicted octanol–water partition coefficient (Wildman–Crippen LogP) is 13.8. The predicted molar refractivity (Wildman–Crippen MR) is 221 cm³/mol. The van der Waals surface area contributed by atoms with Crippen molar-refractivity contribution in [3.8, 4) is 22.6 Å². The molecule has 252 valence electrons. The van der Waals surface area contributed by atoms with E-state index in [9.17, 15) is 0 Å². The summed E-state index contributed by atoms with van der Waals surface area (Å²) in [7, 11) is 0. The summed E-state index contributed by atoms with van der Waals surface area (Å²) in [4.78, 5) is 2.30. The van der Waals surface area contributed by atoms with Crippen LogP contribution in [0.4, 0.5) is 17.1 Å². The number of hydrogen-bond donors (Lipinski definition) is 0. The molecule has 0 saturated carbocycles. The van der Waals surface area contributed by atoms with Crippen molar-refractivity contribution in [3.63, 3.8) is 0 Å². The minimum atomic E-state index is -0.582. The Balaban J connectivity index is 1.10. The van der Waals surface area contributed by atoms with Crippen molar-refractivity contribution < 1.29 is 9.15 Å². The normalized spacial score (nSPS) is 15.3. The molecule has 1 aliphatic heterocycles. The fraction of sp³-hybridized carbons (Fsp3) is 0.0196. The summed E-state index contributed by atoms with van der Waals surface area (Å²) in [5.41, 5.74) is 11.6. The number of rotatable bonds is 3. The van der Waals surface area contributed by atoms with Gasteiger partial charge in [-0.3, -0.25) is 0 Å². The average molecular weight is 690 g/mol. The van der Waals surface area contributed by atoms with E-state index in [0.717, 1.165) is 61.6 Å². The van der Waals surface area contributed by atoms with Crippen molar-refractivity contribution in [1.82, 2.24) is 0 Å². The van der Waals surface area contributed by atoms with Gasteiger partial charge in [0, 0.05) is 51.1 Å². The molecule has 10 aromatic rings. The van der Waals surface area contributed by atoms with Gasteiger partial charge < -0.3 is 14.1 Å². The van der Waals surface area contributed by atoms with Gasteiger partial charge in [0.2, 0.25) is 0 Å². The van der Waals surface area contributed by atoms with Crippen molar-refractivity contribution in [3.05, 3.63) is 210 Å². The lowest BCUT2D eigenvalue weighted by Gasteiger charge is -2.45. The van der Waals surface area contributed by atoms with Gasteiger partial charge in [-0.05, 0) is 92.3 Å². The molecule has 1 atom stereocenters. The highest BCUT2D eigenvalue weighted by molar-refractivity contribution is 6.11. The lowest BCUT2D eigenvalue weighted by atomic mass is 9.58. The summed E-state index contributed by atoms with van der Waals surface area (Å²) in [5.74, 6) is 1.71. The molecule has 9 aromatic carbocycles. The molecule has 1 aliphatic carbocycles.